The molecule has 0 unspecified atom stereocenters. The van der Waals surface area contributed by atoms with E-state index >= 15 is 0 Å². The summed E-state index contributed by atoms with van der Waals surface area (Å²) in [6.45, 7) is 4.00. The Kier molecular flexibility index (Phi) is 5.43. The van der Waals surface area contributed by atoms with E-state index in [0.717, 1.165) is 37.2 Å². The van der Waals surface area contributed by atoms with Gasteiger partial charge in [0.2, 0.25) is 11.8 Å². The van der Waals surface area contributed by atoms with Gasteiger partial charge >= 0.3 is 0 Å². The largest absolute Gasteiger partial charge is 0.439 e. The van der Waals surface area contributed by atoms with Crippen molar-refractivity contribution in [3.8, 4) is 11.6 Å². The number of carbonyl (C=O) groups excluding carboxylic acids is 1. The lowest BCUT2D eigenvalue weighted by atomic mass is 10.0. The first kappa shape index (κ1) is 16.5. The van der Waals surface area contributed by atoms with Crippen molar-refractivity contribution in [1.82, 2.24) is 15.2 Å². The lowest BCUT2D eigenvalue weighted by Gasteiger charge is -2.31. The van der Waals surface area contributed by atoms with Gasteiger partial charge in [0.25, 0.3) is 0 Å². The second kappa shape index (κ2) is 7.93. The first-order valence-electron chi connectivity index (χ1n) is 8.38. The van der Waals surface area contributed by atoms with Crippen molar-refractivity contribution in [2.75, 3.05) is 13.1 Å². The molecule has 0 saturated carbocycles. The Hall–Kier alpha value is -2.40. The summed E-state index contributed by atoms with van der Waals surface area (Å²) in [4.78, 5) is 17.7. The number of aromatic nitrogens is 1. The van der Waals surface area contributed by atoms with E-state index in [1.165, 1.54) is 0 Å². The van der Waals surface area contributed by atoms with Gasteiger partial charge in [-0.25, -0.2) is 4.98 Å². The van der Waals surface area contributed by atoms with Gasteiger partial charge in [0.05, 0.1) is 0 Å². The van der Waals surface area contributed by atoms with Crippen molar-refractivity contribution >= 4 is 5.91 Å². The summed E-state index contributed by atoms with van der Waals surface area (Å²) in [5.74, 6) is 1.59. The van der Waals surface area contributed by atoms with Crippen LogP contribution in [0.15, 0.2) is 48.7 Å². The van der Waals surface area contributed by atoms with Gasteiger partial charge in [-0.15, -0.1) is 0 Å². The minimum absolute atomic E-state index is 0.166. The number of ether oxygens (including phenoxy) is 1. The minimum Gasteiger partial charge on any atom is -0.439 e. The first-order chi connectivity index (χ1) is 11.7. The highest BCUT2D eigenvalue weighted by atomic mass is 16.5. The molecule has 24 heavy (non-hydrogen) atoms. The molecule has 2 heterocycles. The molecule has 1 N–H and O–H groups in total. The molecule has 0 spiro atoms. The van der Waals surface area contributed by atoms with Gasteiger partial charge in [-0.3, -0.25) is 4.79 Å². The number of likely N-dealkylation sites (tertiary alicyclic amines) is 1. The van der Waals surface area contributed by atoms with Crippen molar-refractivity contribution in [3.05, 3.63) is 54.2 Å². The van der Waals surface area contributed by atoms with E-state index < -0.39 is 0 Å². The summed E-state index contributed by atoms with van der Waals surface area (Å²) in [6.07, 6.45) is 3.70. The molecule has 5 heteroatoms. The summed E-state index contributed by atoms with van der Waals surface area (Å²) in [6, 6.07) is 14.1. The predicted molar refractivity (Wildman–Crippen MR) is 92.9 cm³/mol. The standard InChI is InChI=1S/C19H23N3O2/c1-15(23)22-12-9-17(10-13-22)21-14-16-6-5-11-20-19(16)24-18-7-3-2-4-8-18/h2-8,11,17,21H,9-10,12-14H2,1H3. The van der Waals surface area contributed by atoms with Crippen LogP contribution in [-0.4, -0.2) is 34.9 Å². The van der Waals surface area contributed by atoms with Gasteiger partial charge in [0.15, 0.2) is 0 Å². The third-order valence-electron chi connectivity index (χ3n) is 4.33. The lowest BCUT2D eigenvalue weighted by molar-refractivity contribution is -0.129. The Labute approximate surface area is 142 Å². The van der Waals surface area contributed by atoms with Crippen LogP contribution in [0.25, 0.3) is 0 Å². The van der Waals surface area contributed by atoms with Gasteiger partial charge in [-0.05, 0) is 31.0 Å². The molecule has 126 valence electrons. The fraction of sp³-hybridized carbons (Fsp3) is 0.368. The summed E-state index contributed by atoms with van der Waals surface area (Å²) in [7, 11) is 0. The van der Waals surface area contributed by atoms with Crippen LogP contribution in [0, 0.1) is 0 Å². The van der Waals surface area contributed by atoms with Gasteiger partial charge in [0, 0.05) is 44.4 Å². The molecule has 1 amide bonds. The van der Waals surface area contributed by atoms with Crippen LogP contribution >= 0.6 is 0 Å². The van der Waals surface area contributed by atoms with Crippen molar-refractivity contribution in [3.63, 3.8) is 0 Å². The molecular weight excluding hydrogens is 302 g/mol. The molecule has 0 bridgehead atoms. The fourth-order valence-electron chi connectivity index (χ4n) is 2.90. The van der Waals surface area contributed by atoms with Gasteiger partial charge < -0.3 is 15.0 Å². The highest BCUT2D eigenvalue weighted by Gasteiger charge is 2.20. The summed E-state index contributed by atoms with van der Waals surface area (Å²) >= 11 is 0. The maximum atomic E-state index is 11.4. The zero-order valence-corrected chi connectivity index (χ0v) is 13.9. The third kappa shape index (κ3) is 4.32. The Morgan fingerprint density at radius 1 is 1.21 bits per heavy atom. The van der Waals surface area contributed by atoms with Gasteiger partial charge in [-0.1, -0.05) is 24.3 Å². The number of nitrogens with one attached hydrogen (secondary N) is 1. The van der Waals surface area contributed by atoms with E-state index in [9.17, 15) is 4.79 Å². The predicted octanol–water partition coefficient (Wildman–Crippen LogP) is 2.97. The van der Waals surface area contributed by atoms with Crippen molar-refractivity contribution in [2.24, 2.45) is 0 Å². The molecule has 1 fully saturated rings. The smallest absolute Gasteiger partial charge is 0.223 e. The SMILES string of the molecule is CC(=O)N1CCC(NCc2cccnc2Oc2ccccc2)CC1. The Balaban J connectivity index is 1.57. The molecular formula is C19H23N3O2. The molecule has 5 nitrogen and oxygen atoms in total. The van der Waals surface area contributed by atoms with Crippen LogP contribution in [-0.2, 0) is 11.3 Å². The average molecular weight is 325 g/mol. The van der Waals surface area contributed by atoms with E-state index in [1.807, 2.05) is 47.4 Å². The molecule has 1 aromatic heterocycles. The molecule has 1 aromatic carbocycles. The van der Waals surface area contributed by atoms with Crippen LogP contribution in [0.4, 0.5) is 0 Å². The highest BCUT2D eigenvalue weighted by molar-refractivity contribution is 5.73. The number of hydrogen-bond acceptors (Lipinski definition) is 4. The van der Waals surface area contributed by atoms with Crippen LogP contribution in [0.3, 0.4) is 0 Å². The van der Waals surface area contributed by atoms with Crippen molar-refractivity contribution < 1.29 is 9.53 Å². The van der Waals surface area contributed by atoms with E-state index in [-0.39, 0.29) is 5.91 Å². The minimum atomic E-state index is 0.166. The Morgan fingerprint density at radius 3 is 2.67 bits per heavy atom. The fourth-order valence-corrected chi connectivity index (χ4v) is 2.90. The zero-order valence-electron chi connectivity index (χ0n) is 13.9. The number of nitrogens with zero attached hydrogens (tertiary/aromatic N) is 2. The average Bonchev–Trinajstić information content (AvgIpc) is 2.62. The molecule has 0 atom stereocenters. The van der Waals surface area contributed by atoms with Gasteiger partial charge in [-0.2, -0.15) is 0 Å². The number of pyridine rings is 1. The normalized spacial score (nSPS) is 15.3. The highest BCUT2D eigenvalue weighted by Crippen LogP contribution is 2.23. The van der Waals surface area contributed by atoms with Crippen LogP contribution in [0.2, 0.25) is 0 Å². The molecule has 2 aromatic rings. The zero-order chi connectivity index (χ0) is 16.8. The maximum Gasteiger partial charge on any atom is 0.223 e. The van der Waals surface area contributed by atoms with Gasteiger partial charge in [0.1, 0.15) is 5.75 Å². The monoisotopic (exact) mass is 325 g/mol. The second-order valence-corrected chi connectivity index (χ2v) is 6.04. The van der Waals surface area contributed by atoms with E-state index in [1.54, 1.807) is 13.1 Å². The summed E-state index contributed by atoms with van der Waals surface area (Å²) in [5, 5.41) is 3.57. The number of benzene rings is 1. The number of amides is 1. The maximum absolute atomic E-state index is 11.4. The van der Waals surface area contributed by atoms with E-state index in [4.69, 9.17) is 4.74 Å². The number of para-hydroxylation sites is 1. The Bertz CT molecular complexity index is 667. The van der Waals surface area contributed by atoms with Crippen molar-refractivity contribution in [1.29, 1.82) is 0 Å². The summed E-state index contributed by atoms with van der Waals surface area (Å²) < 4.78 is 5.89. The van der Waals surface area contributed by atoms with Crippen molar-refractivity contribution in [2.45, 2.75) is 32.4 Å². The number of rotatable bonds is 5. The number of carbonyl (C=O) groups is 1. The topological polar surface area (TPSA) is 54.5 Å². The first-order valence-corrected chi connectivity index (χ1v) is 8.38. The molecule has 1 aliphatic heterocycles. The molecule has 0 aliphatic carbocycles. The lowest BCUT2D eigenvalue weighted by Crippen LogP contribution is -2.43. The third-order valence-corrected chi connectivity index (χ3v) is 4.33. The number of hydrogen-bond donors (Lipinski definition) is 1. The van der Waals surface area contributed by atoms with Crippen LogP contribution in [0.5, 0.6) is 11.6 Å². The number of piperidine rings is 1. The molecule has 0 radical (unpaired) electrons. The molecule has 1 saturated heterocycles. The Morgan fingerprint density at radius 2 is 1.96 bits per heavy atom. The molecule has 3 rings (SSSR count). The summed E-state index contributed by atoms with van der Waals surface area (Å²) in [5.41, 5.74) is 1.04. The van der Waals surface area contributed by atoms with Crippen LogP contribution < -0.4 is 10.1 Å². The molecule has 1 aliphatic rings. The van der Waals surface area contributed by atoms with E-state index in [2.05, 4.69) is 10.3 Å². The quantitative estimate of drug-likeness (QED) is 0.918. The second-order valence-electron chi connectivity index (χ2n) is 6.04. The van der Waals surface area contributed by atoms with Crippen LogP contribution in [0.1, 0.15) is 25.3 Å². The van der Waals surface area contributed by atoms with E-state index in [0.29, 0.717) is 18.5 Å².